The van der Waals surface area contributed by atoms with Crippen molar-refractivity contribution in [3.63, 3.8) is 0 Å². The summed E-state index contributed by atoms with van der Waals surface area (Å²) in [5.74, 6) is 1.52. The van der Waals surface area contributed by atoms with Crippen LogP contribution in [0.4, 0.5) is 10.7 Å². The fourth-order valence-electron chi connectivity index (χ4n) is 2.16. The van der Waals surface area contributed by atoms with Crippen molar-refractivity contribution in [2.24, 2.45) is 0 Å². The highest BCUT2D eigenvalue weighted by atomic mass is 16.6. The highest BCUT2D eigenvalue weighted by molar-refractivity contribution is 5.68. The van der Waals surface area contributed by atoms with Gasteiger partial charge in [-0.1, -0.05) is 6.92 Å². The first-order valence-corrected chi connectivity index (χ1v) is 7.74. The fraction of sp³-hybridized carbons (Fsp3) is 0.786. The molecule has 1 amide bonds. The maximum Gasteiger partial charge on any atom is 0.410 e. The minimum Gasteiger partial charge on any atom is -0.444 e. The number of rotatable bonds is 4. The van der Waals surface area contributed by atoms with Gasteiger partial charge in [-0.05, 0) is 27.3 Å². The molecule has 0 atom stereocenters. The number of amides is 1. The molecule has 1 aliphatic heterocycles. The Kier molecular flexibility index (Phi) is 5.23. The van der Waals surface area contributed by atoms with Crippen molar-refractivity contribution in [3.8, 4) is 0 Å². The first-order chi connectivity index (χ1) is 10.4. The second kappa shape index (κ2) is 6.95. The molecular weight excluding hydrogens is 284 g/mol. The largest absolute Gasteiger partial charge is 0.444 e. The quantitative estimate of drug-likeness (QED) is 0.862. The smallest absolute Gasteiger partial charge is 0.410 e. The number of anilines is 1. The molecular formula is C14H26N6O2. The van der Waals surface area contributed by atoms with Crippen LogP contribution in [0.5, 0.6) is 0 Å². The van der Waals surface area contributed by atoms with Crippen LogP contribution in [-0.4, -0.2) is 64.5 Å². The second-order valence-electron chi connectivity index (χ2n) is 6.32. The molecule has 1 fully saturated rings. The van der Waals surface area contributed by atoms with Crippen LogP contribution in [0.25, 0.3) is 0 Å². The molecule has 1 aliphatic rings. The number of aromatic amines is 1. The second-order valence-corrected chi connectivity index (χ2v) is 6.32. The maximum absolute atomic E-state index is 12.0. The lowest BCUT2D eigenvalue weighted by atomic mass is 10.2. The lowest BCUT2D eigenvalue weighted by molar-refractivity contribution is 0.0240. The maximum atomic E-state index is 12.0. The van der Waals surface area contributed by atoms with Crippen molar-refractivity contribution in [1.29, 1.82) is 0 Å². The Morgan fingerprint density at radius 1 is 1.32 bits per heavy atom. The zero-order valence-corrected chi connectivity index (χ0v) is 13.8. The molecule has 1 aromatic rings. The van der Waals surface area contributed by atoms with Crippen molar-refractivity contribution in [1.82, 2.24) is 25.4 Å². The third-order valence-electron chi connectivity index (χ3n) is 3.28. The normalized spacial score (nSPS) is 16.0. The van der Waals surface area contributed by atoms with E-state index >= 15 is 0 Å². The number of nitrogens with one attached hydrogen (secondary N) is 2. The number of hydrogen-bond acceptors (Lipinski definition) is 6. The van der Waals surface area contributed by atoms with Gasteiger partial charge >= 0.3 is 6.09 Å². The summed E-state index contributed by atoms with van der Waals surface area (Å²) in [4.78, 5) is 20.3. The number of carbonyl (C=O) groups excluding carboxylic acids is 1. The summed E-state index contributed by atoms with van der Waals surface area (Å²) in [5, 5.41) is 10.4. The van der Waals surface area contributed by atoms with E-state index in [0.717, 1.165) is 12.4 Å². The van der Waals surface area contributed by atoms with Gasteiger partial charge in [-0.15, -0.1) is 5.10 Å². The number of H-pyrrole nitrogens is 1. The molecule has 0 bridgehead atoms. The molecule has 0 radical (unpaired) electrons. The van der Waals surface area contributed by atoms with Gasteiger partial charge in [-0.25, -0.2) is 4.79 Å². The summed E-state index contributed by atoms with van der Waals surface area (Å²) in [6.07, 6.45) is -0.255. The molecule has 22 heavy (non-hydrogen) atoms. The van der Waals surface area contributed by atoms with Gasteiger partial charge in [0, 0.05) is 26.2 Å². The monoisotopic (exact) mass is 310 g/mol. The van der Waals surface area contributed by atoms with Crippen LogP contribution in [0.2, 0.25) is 0 Å². The van der Waals surface area contributed by atoms with Gasteiger partial charge < -0.3 is 19.9 Å². The first kappa shape index (κ1) is 16.5. The number of ether oxygens (including phenoxy) is 1. The van der Waals surface area contributed by atoms with E-state index in [1.807, 2.05) is 27.7 Å². The fourth-order valence-corrected chi connectivity index (χ4v) is 2.16. The SMILES string of the molecule is CCNCc1nc(N2CCN(C(=O)OC(C)(C)C)CC2)n[nH]1. The molecule has 0 aliphatic carbocycles. The lowest BCUT2D eigenvalue weighted by Crippen LogP contribution is -2.50. The van der Waals surface area contributed by atoms with E-state index in [9.17, 15) is 4.79 Å². The predicted molar refractivity (Wildman–Crippen MR) is 83.8 cm³/mol. The van der Waals surface area contributed by atoms with E-state index in [0.29, 0.717) is 38.7 Å². The van der Waals surface area contributed by atoms with Crippen molar-refractivity contribution < 1.29 is 9.53 Å². The molecule has 8 heteroatoms. The van der Waals surface area contributed by atoms with Gasteiger partial charge in [0.1, 0.15) is 11.4 Å². The Hall–Kier alpha value is -1.83. The van der Waals surface area contributed by atoms with E-state index in [1.54, 1.807) is 4.90 Å². The summed E-state index contributed by atoms with van der Waals surface area (Å²) < 4.78 is 5.39. The van der Waals surface area contributed by atoms with Crippen LogP contribution in [0, 0.1) is 0 Å². The van der Waals surface area contributed by atoms with Gasteiger partial charge in [-0.3, -0.25) is 5.10 Å². The van der Waals surface area contributed by atoms with E-state index in [4.69, 9.17) is 4.74 Å². The number of aromatic nitrogens is 3. The Labute approximate surface area is 131 Å². The van der Waals surface area contributed by atoms with Crippen LogP contribution >= 0.6 is 0 Å². The van der Waals surface area contributed by atoms with E-state index in [2.05, 4.69) is 25.4 Å². The third kappa shape index (κ3) is 4.59. The van der Waals surface area contributed by atoms with E-state index in [-0.39, 0.29) is 6.09 Å². The highest BCUT2D eigenvalue weighted by Crippen LogP contribution is 2.14. The molecule has 124 valence electrons. The molecule has 2 heterocycles. The number of piperazine rings is 1. The van der Waals surface area contributed by atoms with E-state index in [1.165, 1.54) is 0 Å². The zero-order chi connectivity index (χ0) is 16.2. The Morgan fingerprint density at radius 2 is 2.00 bits per heavy atom. The molecule has 0 saturated carbocycles. The van der Waals surface area contributed by atoms with Gasteiger partial charge in [0.25, 0.3) is 0 Å². The molecule has 1 saturated heterocycles. The van der Waals surface area contributed by atoms with E-state index < -0.39 is 5.60 Å². The summed E-state index contributed by atoms with van der Waals surface area (Å²) in [6, 6.07) is 0. The number of nitrogens with zero attached hydrogens (tertiary/aromatic N) is 4. The summed E-state index contributed by atoms with van der Waals surface area (Å²) in [7, 11) is 0. The van der Waals surface area contributed by atoms with Crippen LogP contribution in [0.15, 0.2) is 0 Å². The van der Waals surface area contributed by atoms with Gasteiger partial charge in [0.15, 0.2) is 0 Å². The highest BCUT2D eigenvalue weighted by Gasteiger charge is 2.27. The zero-order valence-electron chi connectivity index (χ0n) is 13.8. The van der Waals surface area contributed by atoms with Gasteiger partial charge in [-0.2, -0.15) is 4.98 Å². The van der Waals surface area contributed by atoms with Crippen LogP contribution in [-0.2, 0) is 11.3 Å². The summed E-state index contributed by atoms with van der Waals surface area (Å²) in [6.45, 7) is 11.9. The Balaban J connectivity index is 1.84. The predicted octanol–water partition coefficient (Wildman–Crippen LogP) is 0.971. The minimum absolute atomic E-state index is 0.255. The molecule has 2 rings (SSSR count). The van der Waals surface area contributed by atoms with Gasteiger partial charge in [0.05, 0.1) is 6.54 Å². The number of hydrogen-bond donors (Lipinski definition) is 2. The van der Waals surface area contributed by atoms with Crippen molar-refractivity contribution in [2.45, 2.75) is 39.8 Å². The van der Waals surface area contributed by atoms with Gasteiger partial charge in [0.2, 0.25) is 5.95 Å². The topological polar surface area (TPSA) is 86.4 Å². The van der Waals surface area contributed by atoms with Crippen molar-refractivity contribution in [3.05, 3.63) is 5.82 Å². The average Bonchev–Trinajstić information content (AvgIpc) is 2.92. The summed E-state index contributed by atoms with van der Waals surface area (Å²) >= 11 is 0. The summed E-state index contributed by atoms with van der Waals surface area (Å²) in [5.41, 5.74) is -0.459. The molecule has 8 nitrogen and oxygen atoms in total. The third-order valence-corrected chi connectivity index (χ3v) is 3.28. The molecule has 0 aromatic carbocycles. The first-order valence-electron chi connectivity index (χ1n) is 7.74. The van der Waals surface area contributed by atoms with Crippen LogP contribution in [0.1, 0.15) is 33.5 Å². The molecule has 0 unspecified atom stereocenters. The Morgan fingerprint density at radius 3 is 2.59 bits per heavy atom. The van der Waals surface area contributed by atoms with Crippen LogP contribution in [0.3, 0.4) is 0 Å². The Bertz CT molecular complexity index is 488. The van der Waals surface area contributed by atoms with Crippen LogP contribution < -0.4 is 10.2 Å². The molecule has 0 spiro atoms. The lowest BCUT2D eigenvalue weighted by Gasteiger charge is -2.35. The molecule has 1 aromatic heterocycles. The molecule has 2 N–H and O–H groups in total. The average molecular weight is 310 g/mol. The number of carbonyl (C=O) groups is 1. The van der Waals surface area contributed by atoms with Crippen molar-refractivity contribution >= 4 is 12.0 Å². The minimum atomic E-state index is -0.459. The standard InChI is InChI=1S/C14H26N6O2/c1-5-15-10-11-16-12(18-17-11)19-6-8-20(9-7-19)13(21)22-14(2,3)4/h15H,5-10H2,1-4H3,(H,16,17,18). The van der Waals surface area contributed by atoms with Crippen molar-refractivity contribution in [2.75, 3.05) is 37.6 Å².